The molecule has 2 saturated heterocycles. The number of carbonyl (C=O) groups is 11. The summed E-state index contributed by atoms with van der Waals surface area (Å²) in [5.41, 5.74) is 0.967. The van der Waals surface area contributed by atoms with Gasteiger partial charge in [0.2, 0.25) is 47.3 Å². The number of aliphatic carboxylic acids is 2. The number of nitrogens with one attached hydrogen (secondary N) is 9. The third-order valence-corrected chi connectivity index (χ3v) is 17.9. The zero-order valence-corrected chi connectivity index (χ0v) is 56.3. The molecule has 98 heavy (non-hydrogen) atoms. The number of hydrogen-bond acceptors (Lipinski definition) is 15. The van der Waals surface area contributed by atoms with Crippen molar-refractivity contribution in [1.29, 1.82) is 0 Å². The van der Waals surface area contributed by atoms with E-state index in [0.29, 0.717) is 28.0 Å². The summed E-state index contributed by atoms with van der Waals surface area (Å²) >= 11 is 0. The van der Waals surface area contributed by atoms with Gasteiger partial charge >= 0.3 is 11.9 Å². The number of amides is 9. The summed E-state index contributed by atoms with van der Waals surface area (Å²) in [6, 6.07) is 20.5. The summed E-state index contributed by atoms with van der Waals surface area (Å²) in [4.78, 5) is 158. The van der Waals surface area contributed by atoms with Crippen LogP contribution < -0.4 is 52.6 Å². The second-order valence-corrected chi connectivity index (χ2v) is 26.0. The van der Waals surface area contributed by atoms with Gasteiger partial charge in [-0.05, 0) is 110 Å². The number of hydrogen-bond donors (Lipinski definition) is 11. The Morgan fingerprint density at radius 1 is 0.602 bits per heavy atom. The van der Waals surface area contributed by atoms with Gasteiger partial charge in [-0.15, -0.1) is 0 Å². The Kier molecular flexibility index (Phi) is 25.4. The number of carboxylic acid groups (broad SMARTS) is 2. The van der Waals surface area contributed by atoms with E-state index >= 15 is 9.59 Å². The summed E-state index contributed by atoms with van der Waals surface area (Å²) in [7, 11) is 3.18. The van der Waals surface area contributed by atoms with Crippen LogP contribution >= 0.6 is 0 Å². The molecule has 9 amide bonds. The van der Waals surface area contributed by atoms with Crippen molar-refractivity contribution in [3.05, 3.63) is 161 Å². The standard InChI is InChI=1S/C72H89N11O15/c1-9-53(76-61(84)41(2)73-7)68(91)83-40-52-38-58(83)66(89)80-59(47-18-11-10-12-19-47)67(90)79-56(71(95)96)34-43-21-27-48(28-22-43)63(86)75-50-37-57(82(39-50)69(92)60(72(4,5)6)81-62(85)42(3)74-8)65(88)77-54(36-45-23-26-46-17-13-14-20-49(46)33-45)64(87)78-55(70(93)94)35-44-24-29-51(30-25-44)97-31-15-16-32-98-52/h10-30,33,41-42,50,52-60,73-74H,9,31-32,34-40H2,1-8H3,(H,75,86)(H,76,84)(H,77,88)(H,78,87)(H,79,90)(H,80,89)(H,81,85)(H,93,94)(H,95,96)/b16-15+/t41-,42-,50-,52-,53-,54-,55-,56-,57-,58-,59-,60+/m0/s1. The van der Waals surface area contributed by atoms with Gasteiger partial charge in [0.15, 0.2) is 0 Å². The molecule has 12 atom stereocenters. The Morgan fingerprint density at radius 2 is 1.16 bits per heavy atom. The van der Waals surface area contributed by atoms with E-state index in [2.05, 4.69) is 47.9 Å². The highest BCUT2D eigenvalue weighted by Crippen LogP contribution is 2.29. The number of ether oxygens (including phenoxy) is 2. The first-order valence-corrected chi connectivity index (χ1v) is 32.9. The summed E-state index contributed by atoms with van der Waals surface area (Å²) in [6.07, 6.45) is 2.04. The normalized spacial score (nSPS) is 23.3. The topological polar surface area (TPSA) is 361 Å². The lowest BCUT2D eigenvalue weighted by Gasteiger charge is -2.36. The van der Waals surface area contributed by atoms with Gasteiger partial charge in [-0.2, -0.15) is 0 Å². The minimum Gasteiger partial charge on any atom is -0.490 e. The lowest BCUT2D eigenvalue weighted by molar-refractivity contribution is -0.145. The molecule has 11 N–H and O–H groups in total. The van der Waals surface area contributed by atoms with Gasteiger partial charge in [0, 0.05) is 50.4 Å². The SMILES string of the molecule is CC[C@H](NC(=O)[C@H](C)NC)C(=O)N1C[C@@H]2C[C@H]1C(=O)N[C@@H](c1ccccc1)C(=O)N[C@H](C(=O)O)Cc1ccc(cc1)C(=O)N[C@H]1C[C@@H](C(=O)N[C@@H](Cc3ccc4ccccc4c3)C(=O)N[C@H](C(=O)O)Cc3ccc(cc3)OC/C=C/CO2)N(C(=O)[C@@H](NC(=O)[C@H](C)NC)C(C)(C)C)C1. The zero-order chi connectivity index (χ0) is 71.0. The Bertz CT molecular complexity index is 3730. The molecule has 0 unspecified atom stereocenters. The Balaban J connectivity index is 1.12. The van der Waals surface area contributed by atoms with Gasteiger partial charge in [0.05, 0.1) is 24.8 Å². The fourth-order valence-electron chi connectivity index (χ4n) is 11.9. The average Bonchev–Trinajstić information content (AvgIpc) is 1.61. The van der Waals surface area contributed by atoms with Crippen molar-refractivity contribution >= 4 is 75.9 Å². The highest BCUT2D eigenvalue weighted by atomic mass is 16.5. The molecule has 0 aliphatic carbocycles. The summed E-state index contributed by atoms with van der Waals surface area (Å²) in [5.74, 6) is -8.47. The van der Waals surface area contributed by atoms with Crippen LogP contribution in [0.4, 0.5) is 0 Å². The molecule has 5 aromatic carbocycles. The molecule has 6 heterocycles. The van der Waals surface area contributed by atoms with Crippen molar-refractivity contribution in [2.45, 2.75) is 153 Å². The van der Waals surface area contributed by atoms with E-state index < -0.39 is 143 Å². The van der Waals surface area contributed by atoms with Crippen LogP contribution in [-0.2, 0) is 71.9 Å². The van der Waals surface area contributed by atoms with Crippen LogP contribution in [0.25, 0.3) is 10.8 Å². The second kappa shape index (κ2) is 33.8. The number of benzene rings is 5. The van der Waals surface area contributed by atoms with E-state index in [4.69, 9.17) is 9.47 Å². The smallest absolute Gasteiger partial charge is 0.326 e. The van der Waals surface area contributed by atoms with Crippen molar-refractivity contribution in [2.75, 3.05) is 40.4 Å². The molecule has 0 aromatic heterocycles. The molecule has 6 aliphatic heterocycles. The molecule has 522 valence electrons. The first-order valence-electron chi connectivity index (χ1n) is 32.9. The van der Waals surface area contributed by atoms with Crippen molar-refractivity contribution in [3.63, 3.8) is 0 Å². The number of rotatable bonds is 14. The van der Waals surface area contributed by atoms with Crippen LogP contribution in [0.15, 0.2) is 133 Å². The molecule has 0 spiro atoms. The van der Waals surface area contributed by atoms with Gasteiger partial charge in [-0.3, -0.25) is 43.2 Å². The molecule has 8 bridgehead atoms. The number of likely N-dealkylation sites (N-methyl/N-ethyl adjacent to an activating group) is 2. The first-order chi connectivity index (χ1) is 46.7. The van der Waals surface area contributed by atoms with Crippen molar-refractivity contribution in [2.24, 2.45) is 5.41 Å². The number of carbonyl (C=O) groups excluding carboxylic acids is 9. The van der Waals surface area contributed by atoms with E-state index in [9.17, 15) is 53.4 Å². The third-order valence-electron chi connectivity index (χ3n) is 17.9. The fourth-order valence-corrected chi connectivity index (χ4v) is 11.9. The molecule has 26 heteroatoms. The molecular formula is C72H89N11O15. The predicted molar refractivity (Wildman–Crippen MR) is 363 cm³/mol. The van der Waals surface area contributed by atoms with Crippen molar-refractivity contribution in [3.8, 4) is 5.75 Å². The van der Waals surface area contributed by atoms with E-state index in [-0.39, 0.29) is 70.4 Å². The van der Waals surface area contributed by atoms with Crippen molar-refractivity contribution in [1.82, 2.24) is 57.7 Å². The largest absolute Gasteiger partial charge is 0.490 e. The predicted octanol–water partition coefficient (Wildman–Crippen LogP) is 2.62. The maximum absolute atomic E-state index is 15.1. The molecule has 26 nitrogen and oxygen atoms in total. The molecular weight excluding hydrogens is 1260 g/mol. The minimum absolute atomic E-state index is 0.0163. The third kappa shape index (κ3) is 19.4. The van der Waals surface area contributed by atoms with E-state index in [1.54, 1.807) is 128 Å². The van der Waals surface area contributed by atoms with E-state index in [0.717, 1.165) is 10.8 Å². The summed E-state index contributed by atoms with van der Waals surface area (Å²) in [5, 5.41) is 48.0. The second-order valence-electron chi connectivity index (χ2n) is 26.0. The maximum atomic E-state index is 15.1. The lowest BCUT2D eigenvalue weighted by Crippen LogP contribution is -2.61. The van der Waals surface area contributed by atoms with Gasteiger partial charge in [-0.1, -0.05) is 131 Å². The number of fused-ring (bicyclic) bond motifs is 1. The monoisotopic (exact) mass is 1350 g/mol. The number of carboxylic acids is 2. The van der Waals surface area contributed by atoms with Crippen LogP contribution in [0.2, 0.25) is 0 Å². The van der Waals surface area contributed by atoms with Crippen LogP contribution in [0.1, 0.15) is 99.5 Å². The Labute approximate surface area is 569 Å². The van der Waals surface area contributed by atoms with Crippen LogP contribution in [-0.4, -0.2) is 192 Å². The van der Waals surface area contributed by atoms with Crippen LogP contribution in [0.3, 0.4) is 0 Å². The summed E-state index contributed by atoms with van der Waals surface area (Å²) < 4.78 is 12.2. The van der Waals surface area contributed by atoms with Gasteiger partial charge < -0.3 is 77.3 Å². The van der Waals surface area contributed by atoms with E-state index in [1.807, 2.05) is 36.4 Å². The highest BCUT2D eigenvalue weighted by molar-refractivity contribution is 5.99. The molecule has 0 radical (unpaired) electrons. The Morgan fingerprint density at radius 3 is 1.78 bits per heavy atom. The highest BCUT2D eigenvalue weighted by Gasteiger charge is 2.47. The quantitative estimate of drug-likeness (QED) is 0.0712. The van der Waals surface area contributed by atoms with Gasteiger partial charge in [0.1, 0.15) is 60.7 Å². The van der Waals surface area contributed by atoms with Crippen molar-refractivity contribution < 1.29 is 72.4 Å². The van der Waals surface area contributed by atoms with Gasteiger partial charge in [0.25, 0.3) is 5.91 Å². The zero-order valence-electron chi connectivity index (χ0n) is 56.3. The Hall–Kier alpha value is -10.0. The number of nitrogens with zero attached hydrogens (tertiary/aromatic N) is 2. The molecule has 11 rings (SSSR count). The van der Waals surface area contributed by atoms with E-state index in [1.165, 1.54) is 34.1 Å². The number of likely N-dealkylation sites (tertiary alicyclic amines) is 2. The average molecular weight is 1350 g/mol. The van der Waals surface area contributed by atoms with Crippen LogP contribution in [0.5, 0.6) is 5.75 Å². The maximum Gasteiger partial charge on any atom is 0.326 e. The minimum atomic E-state index is -1.58. The van der Waals surface area contributed by atoms with Gasteiger partial charge in [-0.25, -0.2) is 9.59 Å². The first kappa shape index (κ1) is 73.8. The molecule has 5 aromatic rings. The molecule has 2 fully saturated rings. The fraction of sp³-hybridized carbons (Fsp3) is 0.431. The van der Waals surface area contributed by atoms with Crippen LogP contribution in [0, 0.1) is 5.41 Å². The lowest BCUT2D eigenvalue weighted by atomic mass is 9.85. The summed E-state index contributed by atoms with van der Waals surface area (Å²) in [6.45, 7) is 9.96. The molecule has 6 aliphatic rings. The molecule has 0 saturated carbocycles.